The van der Waals surface area contributed by atoms with Crippen LogP contribution in [-0.2, 0) is 18.1 Å². The SMILES string of the molecule is CCCCCCC(OP(=O)(OCC)OCC)=C(F)C(F)(F)C(F)(F)F. The summed E-state index contributed by atoms with van der Waals surface area (Å²) in [5.74, 6) is -9.98. The molecule has 0 bridgehead atoms. The van der Waals surface area contributed by atoms with Gasteiger partial charge in [-0.1, -0.05) is 26.2 Å². The summed E-state index contributed by atoms with van der Waals surface area (Å²) < 4.78 is 104. The van der Waals surface area contributed by atoms with E-state index in [9.17, 15) is 30.9 Å². The number of unbranched alkanes of at least 4 members (excludes halogenated alkanes) is 3. The predicted molar refractivity (Wildman–Crippen MR) is 79.8 cm³/mol. The van der Waals surface area contributed by atoms with E-state index in [1.165, 1.54) is 13.8 Å². The van der Waals surface area contributed by atoms with Gasteiger partial charge in [0, 0.05) is 6.42 Å². The van der Waals surface area contributed by atoms with Crippen molar-refractivity contribution in [3.63, 3.8) is 0 Å². The van der Waals surface area contributed by atoms with E-state index in [-0.39, 0.29) is 19.6 Å². The first kappa shape index (κ1) is 24.3. The van der Waals surface area contributed by atoms with E-state index in [1.54, 1.807) is 0 Å². The zero-order chi connectivity index (χ0) is 19.7. The van der Waals surface area contributed by atoms with Gasteiger partial charge in [0.15, 0.2) is 0 Å². The summed E-state index contributed by atoms with van der Waals surface area (Å²) in [5.41, 5.74) is 0. The Kier molecular flexibility index (Phi) is 10.1. The smallest absolute Gasteiger partial charge is 0.406 e. The number of rotatable bonds is 12. The van der Waals surface area contributed by atoms with Gasteiger partial charge < -0.3 is 4.52 Å². The lowest BCUT2D eigenvalue weighted by molar-refractivity contribution is -0.271. The van der Waals surface area contributed by atoms with Crippen LogP contribution in [0.15, 0.2) is 11.6 Å². The fraction of sp³-hybridized carbons (Fsp3) is 0.857. The van der Waals surface area contributed by atoms with E-state index >= 15 is 0 Å². The van der Waals surface area contributed by atoms with Crippen LogP contribution in [0.2, 0.25) is 0 Å². The zero-order valence-electron chi connectivity index (χ0n) is 14.3. The molecule has 0 heterocycles. The summed E-state index contributed by atoms with van der Waals surface area (Å²) in [4.78, 5) is 0. The van der Waals surface area contributed by atoms with E-state index < -0.39 is 37.9 Å². The molecule has 0 aromatic carbocycles. The molecule has 0 atom stereocenters. The van der Waals surface area contributed by atoms with Gasteiger partial charge in [-0.2, -0.15) is 22.0 Å². The van der Waals surface area contributed by atoms with E-state index in [0.29, 0.717) is 12.8 Å². The maximum absolute atomic E-state index is 13.9. The largest absolute Gasteiger partial charge is 0.529 e. The van der Waals surface area contributed by atoms with Crippen molar-refractivity contribution in [1.82, 2.24) is 0 Å². The number of hydrogen-bond donors (Lipinski definition) is 0. The minimum absolute atomic E-state index is 0.0722. The Morgan fingerprint density at radius 3 is 1.84 bits per heavy atom. The first-order chi connectivity index (χ1) is 11.4. The average molecular weight is 400 g/mol. The lowest BCUT2D eigenvalue weighted by Crippen LogP contribution is -2.37. The van der Waals surface area contributed by atoms with Gasteiger partial charge in [0.1, 0.15) is 5.76 Å². The third-order valence-corrected chi connectivity index (χ3v) is 4.52. The Morgan fingerprint density at radius 2 is 1.44 bits per heavy atom. The first-order valence-electron chi connectivity index (χ1n) is 7.87. The van der Waals surface area contributed by atoms with Crippen LogP contribution in [0.4, 0.5) is 26.3 Å². The Labute approximate surface area is 143 Å². The molecule has 0 saturated carbocycles. The van der Waals surface area contributed by atoms with Gasteiger partial charge in [0.25, 0.3) is 0 Å². The number of halogens is 6. The van der Waals surface area contributed by atoms with Crippen molar-refractivity contribution in [2.24, 2.45) is 0 Å². The van der Waals surface area contributed by atoms with Crippen molar-refractivity contribution in [3.8, 4) is 0 Å². The molecule has 0 aliphatic rings. The van der Waals surface area contributed by atoms with Crippen LogP contribution in [0, 0.1) is 0 Å². The van der Waals surface area contributed by atoms with Crippen molar-refractivity contribution in [3.05, 3.63) is 11.6 Å². The number of allylic oxidation sites excluding steroid dienone is 2. The molecule has 0 amide bonds. The number of hydrogen-bond acceptors (Lipinski definition) is 4. The summed E-state index contributed by atoms with van der Waals surface area (Å²) in [6, 6.07) is 0. The second-order valence-electron chi connectivity index (χ2n) is 4.99. The molecule has 0 aliphatic heterocycles. The lowest BCUT2D eigenvalue weighted by atomic mass is 10.1. The maximum Gasteiger partial charge on any atom is 0.529 e. The summed E-state index contributed by atoms with van der Waals surface area (Å²) in [5, 5.41) is 0. The van der Waals surface area contributed by atoms with Crippen LogP contribution in [0.1, 0.15) is 52.9 Å². The topological polar surface area (TPSA) is 44.8 Å². The van der Waals surface area contributed by atoms with Crippen molar-refractivity contribution >= 4 is 7.82 Å². The van der Waals surface area contributed by atoms with Gasteiger partial charge in [-0.3, -0.25) is 9.05 Å². The average Bonchev–Trinajstić information content (AvgIpc) is 2.49. The fourth-order valence-corrected chi connectivity index (χ4v) is 3.00. The molecule has 0 unspecified atom stereocenters. The van der Waals surface area contributed by atoms with Crippen LogP contribution in [0.5, 0.6) is 0 Å². The molecule has 0 aliphatic carbocycles. The standard InChI is InChI=1S/C14H23F6O4P/c1-4-7-8-9-10-11(12(15)13(16,17)14(18,19)20)24-25(21,22-5-2)23-6-3/h4-10H2,1-3H3. The Bertz CT molecular complexity index is 468. The van der Waals surface area contributed by atoms with Crippen LogP contribution < -0.4 is 0 Å². The number of phosphoric ester groups is 1. The molecule has 25 heavy (non-hydrogen) atoms. The number of alkyl halides is 5. The van der Waals surface area contributed by atoms with E-state index in [1.807, 2.05) is 6.92 Å². The Balaban J connectivity index is 5.68. The second-order valence-corrected chi connectivity index (χ2v) is 6.59. The Morgan fingerprint density at radius 1 is 0.920 bits per heavy atom. The molecule has 4 nitrogen and oxygen atoms in total. The monoisotopic (exact) mass is 400 g/mol. The zero-order valence-corrected chi connectivity index (χ0v) is 15.2. The van der Waals surface area contributed by atoms with Crippen molar-refractivity contribution in [2.45, 2.75) is 65.0 Å². The first-order valence-corrected chi connectivity index (χ1v) is 9.33. The minimum atomic E-state index is -6.16. The van der Waals surface area contributed by atoms with Crippen molar-refractivity contribution in [1.29, 1.82) is 0 Å². The molecule has 0 rings (SSSR count). The van der Waals surface area contributed by atoms with E-state index in [4.69, 9.17) is 0 Å². The van der Waals surface area contributed by atoms with Crippen molar-refractivity contribution < 1.29 is 44.5 Å². The molecule has 0 aromatic heterocycles. The summed E-state index contributed by atoms with van der Waals surface area (Å²) in [6.07, 6.45) is -4.81. The van der Waals surface area contributed by atoms with Gasteiger partial charge in [-0.25, -0.2) is 8.96 Å². The van der Waals surface area contributed by atoms with E-state index in [0.717, 1.165) is 6.42 Å². The van der Waals surface area contributed by atoms with Gasteiger partial charge in [0.2, 0.25) is 5.83 Å². The summed E-state index contributed by atoms with van der Waals surface area (Å²) in [6.45, 7) is 4.13. The molecule has 0 aromatic rings. The van der Waals surface area contributed by atoms with E-state index in [2.05, 4.69) is 13.6 Å². The highest BCUT2D eigenvalue weighted by Crippen LogP contribution is 2.54. The van der Waals surface area contributed by atoms with Crippen LogP contribution in [0.25, 0.3) is 0 Å². The molecule has 0 fully saturated rings. The quantitative estimate of drug-likeness (QED) is 0.162. The molecule has 150 valence electrons. The second kappa shape index (κ2) is 10.4. The highest BCUT2D eigenvalue weighted by Gasteiger charge is 2.62. The van der Waals surface area contributed by atoms with Crippen LogP contribution in [0.3, 0.4) is 0 Å². The minimum Gasteiger partial charge on any atom is -0.406 e. The van der Waals surface area contributed by atoms with Gasteiger partial charge in [-0.05, 0) is 20.3 Å². The highest BCUT2D eigenvalue weighted by atomic mass is 31.2. The molecule has 0 N–H and O–H groups in total. The summed E-state index contributed by atoms with van der Waals surface area (Å²) in [7, 11) is -4.51. The third kappa shape index (κ3) is 7.58. The number of phosphoric acid groups is 1. The predicted octanol–water partition coefficient (Wildman–Crippen LogP) is 6.53. The lowest BCUT2D eigenvalue weighted by Gasteiger charge is -2.23. The molecule has 0 spiro atoms. The maximum atomic E-state index is 13.9. The Hall–Kier alpha value is -0.730. The normalized spacial score (nSPS) is 14.4. The molecule has 11 heteroatoms. The van der Waals surface area contributed by atoms with Crippen LogP contribution >= 0.6 is 7.82 Å². The van der Waals surface area contributed by atoms with Gasteiger partial charge in [-0.15, -0.1) is 0 Å². The van der Waals surface area contributed by atoms with Crippen molar-refractivity contribution in [2.75, 3.05) is 13.2 Å². The molecule has 0 saturated heterocycles. The van der Waals surface area contributed by atoms with Gasteiger partial charge in [0.05, 0.1) is 13.2 Å². The molecular formula is C14H23F6O4P. The summed E-state index contributed by atoms with van der Waals surface area (Å²) >= 11 is 0. The highest BCUT2D eigenvalue weighted by molar-refractivity contribution is 7.48. The molecular weight excluding hydrogens is 377 g/mol. The fourth-order valence-electron chi connectivity index (χ4n) is 1.75. The van der Waals surface area contributed by atoms with Crippen LogP contribution in [-0.4, -0.2) is 25.3 Å². The van der Waals surface area contributed by atoms with Gasteiger partial charge >= 0.3 is 19.9 Å². The third-order valence-electron chi connectivity index (χ3n) is 2.93. The molecule has 0 radical (unpaired) electrons.